The normalized spacial score (nSPS) is 49.2. The average Bonchev–Trinajstić information content (AvgIpc) is 2.08. The first-order valence-corrected chi connectivity index (χ1v) is 3.84. The molecule has 5 atom stereocenters. The van der Waals surface area contributed by atoms with Gasteiger partial charge in [-0.1, -0.05) is 0 Å². The lowest BCUT2D eigenvalue weighted by Crippen LogP contribution is -2.58. The summed E-state index contributed by atoms with van der Waals surface area (Å²) in [5.74, 6) is 0. The van der Waals surface area contributed by atoms with Crippen LogP contribution in [0.2, 0.25) is 0 Å². The minimum atomic E-state index is -1.49. The molecule has 0 unspecified atom stereocenters. The van der Waals surface area contributed by atoms with Gasteiger partial charge < -0.3 is 20.3 Å². The van der Waals surface area contributed by atoms with Crippen LogP contribution in [-0.2, 0) is 9.47 Å². The summed E-state index contributed by atoms with van der Waals surface area (Å²) in [5, 5.41) is 9.22. The summed E-state index contributed by atoms with van der Waals surface area (Å²) in [4.78, 5) is 0. The van der Waals surface area contributed by atoms with E-state index in [9.17, 15) is 9.50 Å². The second-order valence-electron chi connectivity index (χ2n) is 2.96. The molecule has 0 radical (unpaired) electrons. The zero-order valence-electron chi connectivity index (χ0n) is 7.11. The van der Waals surface area contributed by atoms with Crippen LogP contribution in [0.3, 0.4) is 0 Å². The van der Waals surface area contributed by atoms with Crippen molar-refractivity contribution < 1.29 is 19.0 Å². The maximum atomic E-state index is 13.1. The van der Waals surface area contributed by atoms with Crippen LogP contribution < -0.4 is 5.73 Å². The summed E-state index contributed by atoms with van der Waals surface area (Å²) >= 11 is 0. The zero-order chi connectivity index (χ0) is 9.30. The molecule has 1 aliphatic heterocycles. The van der Waals surface area contributed by atoms with Crippen molar-refractivity contribution >= 4 is 0 Å². The molecular formula is C7H14FNO3. The van der Waals surface area contributed by atoms with Gasteiger partial charge in [0.05, 0.1) is 12.1 Å². The van der Waals surface area contributed by atoms with E-state index in [1.165, 1.54) is 7.11 Å². The summed E-state index contributed by atoms with van der Waals surface area (Å²) in [6, 6.07) is -0.786. The van der Waals surface area contributed by atoms with Crippen molar-refractivity contribution in [3.05, 3.63) is 0 Å². The molecule has 1 saturated heterocycles. The molecule has 1 heterocycles. The Morgan fingerprint density at radius 1 is 1.58 bits per heavy atom. The van der Waals surface area contributed by atoms with Gasteiger partial charge in [0.2, 0.25) is 0 Å². The van der Waals surface area contributed by atoms with Gasteiger partial charge >= 0.3 is 0 Å². The Bertz CT molecular complexity index is 153. The standard InChI is InChI=1S/C7H14FNO3/c1-3-5(9)4(8)6(10)7(11-2)12-3/h3-7,10H,9H2,1-2H3/t3-,4+,5-,6+,7+/m1/s1. The van der Waals surface area contributed by atoms with Crippen molar-refractivity contribution in [1.82, 2.24) is 0 Å². The molecule has 5 heteroatoms. The minimum Gasteiger partial charge on any atom is -0.385 e. The number of rotatable bonds is 1. The van der Waals surface area contributed by atoms with Gasteiger partial charge in [-0.15, -0.1) is 0 Å². The Morgan fingerprint density at radius 3 is 2.67 bits per heavy atom. The molecule has 0 aromatic rings. The van der Waals surface area contributed by atoms with E-state index in [0.717, 1.165) is 0 Å². The predicted molar refractivity (Wildman–Crippen MR) is 40.2 cm³/mol. The Hall–Kier alpha value is -0.230. The summed E-state index contributed by atoms with van der Waals surface area (Å²) < 4.78 is 22.9. The van der Waals surface area contributed by atoms with E-state index in [0.29, 0.717) is 0 Å². The molecule has 0 aliphatic carbocycles. The highest BCUT2D eigenvalue weighted by Gasteiger charge is 2.42. The van der Waals surface area contributed by atoms with Crippen LogP contribution in [0.25, 0.3) is 0 Å². The number of ether oxygens (including phenoxy) is 2. The number of methoxy groups -OCH3 is 1. The molecular weight excluding hydrogens is 165 g/mol. The molecule has 0 aromatic heterocycles. The van der Waals surface area contributed by atoms with Crippen molar-refractivity contribution in [2.24, 2.45) is 5.73 Å². The Balaban J connectivity index is 2.63. The average molecular weight is 179 g/mol. The molecule has 1 fully saturated rings. The molecule has 0 spiro atoms. The van der Waals surface area contributed by atoms with E-state index in [-0.39, 0.29) is 0 Å². The minimum absolute atomic E-state index is 0.437. The highest BCUT2D eigenvalue weighted by Crippen LogP contribution is 2.21. The van der Waals surface area contributed by atoms with Gasteiger partial charge in [0, 0.05) is 7.11 Å². The number of aliphatic hydroxyl groups excluding tert-OH is 1. The fourth-order valence-electron chi connectivity index (χ4n) is 1.21. The third kappa shape index (κ3) is 1.59. The predicted octanol–water partition coefficient (Wildman–Crippen LogP) is -0.596. The summed E-state index contributed by atoms with van der Waals surface area (Å²) in [6.45, 7) is 1.65. The van der Waals surface area contributed by atoms with Crippen molar-refractivity contribution in [3.8, 4) is 0 Å². The van der Waals surface area contributed by atoms with Gasteiger partial charge in [-0.05, 0) is 6.92 Å². The third-order valence-corrected chi connectivity index (χ3v) is 2.10. The number of aliphatic hydroxyl groups is 1. The van der Waals surface area contributed by atoms with Gasteiger partial charge in [0.25, 0.3) is 0 Å². The number of alkyl halides is 1. The molecule has 0 saturated carbocycles. The lowest BCUT2D eigenvalue weighted by molar-refractivity contribution is -0.249. The summed E-state index contributed by atoms with van der Waals surface area (Å²) in [7, 11) is 1.35. The SMILES string of the molecule is CO[C@H]1O[C@H](C)[C@@H](N)[C@H](F)[C@@H]1O. The van der Waals surface area contributed by atoms with Gasteiger partial charge in [-0.2, -0.15) is 0 Å². The van der Waals surface area contributed by atoms with E-state index in [4.69, 9.17) is 15.2 Å². The van der Waals surface area contributed by atoms with Crippen LogP contribution in [0.1, 0.15) is 6.92 Å². The van der Waals surface area contributed by atoms with E-state index in [1.807, 2.05) is 0 Å². The van der Waals surface area contributed by atoms with Crippen LogP contribution >= 0.6 is 0 Å². The topological polar surface area (TPSA) is 64.7 Å². The van der Waals surface area contributed by atoms with Gasteiger partial charge in [0.15, 0.2) is 6.29 Å². The highest BCUT2D eigenvalue weighted by molar-refractivity contribution is 4.90. The van der Waals surface area contributed by atoms with E-state index in [2.05, 4.69) is 0 Å². The first-order valence-electron chi connectivity index (χ1n) is 3.84. The zero-order valence-corrected chi connectivity index (χ0v) is 7.11. The third-order valence-electron chi connectivity index (χ3n) is 2.10. The largest absolute Gasteiger partial charge is 0.385 e. The van der Waals surface area contributed by atoms with Crippen LogP contribution in [0.4, 0.5) is 4.39 Å². The Kier molecular flexibility index (Phi) is 3.00. The molecule has 12 heavy (non-hydrogen) atoms. The van der Waals surface area contributed by atoms with Crippen LogP contribution in [0, 0.1) is 0 Å². The molecule has 1 rings (SSSR count). The highest BCUT2D eigenvalue weighted by atomic mass is 19.1. The molecule has 0 aromatic carbocycles. The summed E-state index contributed by atoms with van der Waals surface area (Å²) in [5.41, 5.74) is 5.41. The Labute approximate surface area is 70.4 Å². The van der Waals surface area contributed by atoms with Crippen LogP contribution in [-0.4, -0.2) is 42.9 Å². The maximum Gasteiger partial charge on any atom is 0.186 e. The lowest BCUT2D eigenvalue weighted by Gasteiger charge is -2.37. The molecule has 3 N–H and O–H groups in total. The smallest absolute Gasteiger partial charge is 0.186 e. The number of halogens is 1. The number of hydrogen-bond donors (Lipinski definition) is 2. The van der Waals surface area contributed by atoms with E-state index < -0.39 is 30.7 Å². The second-order valence-corrected chi connectivity index (χ2v) is 2.96. The first-order chi connectivity index (χ1) is 5.57. The first kappa shape index (κ1) is 9.85. The van der Waals surface area contributed by atoms with Gasteiger partial charge in [-0.3, -0.25) is 0 Å². The fraction of sp³-hybridized carbons (Fsp3) is 1.00. The maximum absolute atomic E-state index is 13.1. The molecule has 72 valence electrons. The van der Waals surface area contributed by atoms with Crippen molar-refractivity contribution in [3.63, 3.8) is 0 Å². The van der Waals surface area contributed by atoms with Gasteiger partial charge in [-0.25, -0.2) is 4.39 Å². The quantitative estimate of drug-likeness (QED) is 0.564. The molecule has 0 amide bonds. The summed E-state index contributed by atoms with van der Waals surface area (Å²) in [6.07, 6.45) is -4.12. The number of hydrogen-bond acceptors (Lipinski definition) is 4. The monoisotopic (exact) mass is 179 g/mol. The fourth-order valence-corrected chi connectivity index (χ4v) is 1.21. The molecule has 0 bridgehead atoms. The molecule has 4 nitrogen and oxygen atoms in total. The van der Waals surface area contributed by atoms with Crippen molar-refractivity contribution in [2.45, 2.75) is 37.6 Å². The lowest BCUT2D eigenvalue weighted by atomic mass is 9.99. The van der Waals surface area contributed by atoms with E-state index in [1.54, 1.807) is 6.92 Å². The number of nitrogens with two attached hydrogens (primary N) is 1. The van der Waals surface area contributed by atoms with Crippen LogP contribution in [0.5, 0.6) is 0 Å². The van der Waals surface area contributed by atoms with Crippen LogP contribution in [0.15, 0.2) is 0 Å². The molecule has 1 aliphatic rings. The Morgan fingerprint density at radius 2 is 2.17 bits per heavy atom. The second kappa shape index (κ2) is 3.66. The van der Waals surface area contributed by atoms with Crippen molar-refractivity contribution in [2.75, 3.05) is 7.11 Å². The van der Waals surface area contributed by atoms with E-state index >= 15 is 0 Å². The van der Waals surface area contributed by atoms with Crippen molar-refractivity contribution in [1.29, 1.82) is 0 Å². The van der Waals surface area contributed by atoms with Gasteiger partial charge in [0.1, 0.15) is 12.3 Å².